The van der Waals surface area contributed by atoms with Crippen molar-refractivity contribution >= 4 is 28.5 Å². The minimum atomic E-state index is -2.98. The van der Waals surface area contributed by atoms with E-state index >= 15 is 0 Å². The van der Waals surface area contributed by atoms with Crippen molar-refractivity contribution in [1.29, 1.82) is 0 Å². The fourth-order valence-corrected chi connectivity index (χ4v) is 6.72. The fourth-order valence-electron chi connectivity index (χ4n) is 5.51. The van der Waals surface area contributed by atoms with E-state index in [-0.39, 0.29) is 48.7 Å². The third kappa shape index (κ3) is 9.83. The molecule has 0 fully saturated rings. The van der Waals surface area contributed by atoms with E-state index < -0.39 is 63.4 Å². The van der Waals surface area contributed by atoms with Gasteiger partial charge in [-0.2, -0.15) is 0 Å². The minimum Gasteiger partial charge on any atom is -0.488 e. The van der Waals surface area contributed by atoms with Crippen LogP contribution in [0.15, 0.2) is 108 Å². The van der Waals surface area contributed by atoms with Crippen LogP contribution < -0.4 is 9.64 Å². The van der Waals surface area contributed by atoms with Gasteiger partial charge in [0.05, 0.1) is 13.1 Å². The molecule has 0 radical (unpaired) electrons. The van der Waals surface area contributed by atoms with Gasteiger partial charge in [-0.05, 0) is 39.8 Å². The van der Waals surface area contributed by atoms with E-state index in [4.69, 9.17) is 9.47 Å². The van der Waals surface area contributed by atoms with E-state index in [2.05, 4.69) is 0 Å². The van der Waals surface area contributed by atoms with Crippen molar-refractivity contribution in [3.63, 3.8) is 0 Å². The molecule has 55 heavy (non-hydrogen) atoms. The smallest absolute Gasteiger partial charge is 0.342 e. The van der Waals surface area contributed by atoms with Gasteiger partial charge < -0.3 is 14.4 Å². The zero-order chi connectivity index (χ0) is 39.9. The number of benzene rings is 5. The summed E-state index contributed by atoms with van der Waals surface area (Å²) in [7, 11) is -2.98. The summed E-state index contributed by atoms with van der Waals surface area (Å²) in [5.74, 6) is -12.8. The lowest BCUT2D eigenvalue weighted by Crippen LogP contribution is -2.41. The Bertz CT molecular complexity index is 2140. The number of ether oxygens (including phenoxy) is 2. The summed E-state index contributed by atoms with van der Waals surface area (Å²) in [6.07, 6.45) is 0. The number of hydrogen-bond acceptors (Lipinski definition) is 5. The van der Waals surface area contributed by atoms with Gasteiger partial charge in [-0.25, -0.2) is 35.3 Å². The van der Waals surface area contributed by atoms with Gasteiger partial charge in [-0.1, -0.05) is 113 Å². The quantitative estimate of drug-likeness (QED) is 0.0487. The SMILES string of the molecule is CCN(CC(=O)N(Cc1ccc(C(C)(C)C)cc1)c1ccc(C(=O)OCc2ccccc2)c(OCc2ccccc2)c1)S(=O)c1c(F)c(F)c(F)c(F)c1F. The Morgan fingerprint density at radius 2 is 1.24 bits per heavy atom. The van der Waals surface area contributed by atoms with Gasteiger partial charge in [-0.15, -0.1) is 0 Å². The molecule has 0 aromatic heterocycles. The summed E-state index contributed by atoms with van der Waals surface area (Å²) in [6, 6.07) is 30.1. The number of amides is 1. The van der Waals surface area contributed by atoms with Gasteiger partial charge in [0.2, 0.25) is 11.7 Å². The van der Waals surface area contributed by atoms with Crippen LogP contribution in [0, 0.1) is 29.1 Å². The number of likely N-dealkylation sites (N-methyl/N-ethyl adjacent to an activating group) is 1. The van der Waals surface area contributed by atoms with Crippen LogP contribution in [0.4, 0.5) is 27.6 Å². The van der Waals surface area contributed by atoms with Crippen molar-refractivity contribution in [3.05, 3.63) is 160 Å². The molecule has 0 spiro atoms. The standard InChI is InChI=1S/C42H39F5N2O5S/c1-5-48(55(52)40-38(46)36(44)35(43)37(45)39(40)47)24-34(50)49(23-27-16-18-30(19-17-27)42(2,3)4)31-20-21-32(41(51)54-26-29-14-10-7-11-15-29)33(22-31)53-25-28-12-8-6-9-13-28/h6-22H,5,23-26H2,1-4H3. The summed E-state index contributed by atoms with van der Waals surface area (Å²) in [4.78, 5) is 27.4. The first-order chi connectivity index (χ1) is 26.2. The average Bonchev–Trinajstić information content (AvgIpc) is 3.19. The number of rotatable bonds is 14. The van der Waals surface area contributed by atoms with E-state index in [0.29, 0.717) is 5.56 Å². The first-order valence-electron chi connectivity index (χ1n) is 17.3. The number of halogens is 5. The lowest BCUT2D eigenvalue weighted by Gasteiger charge is -2.28. The second-order valence-corrected chi connectivity index (χ2v) is 15.0. The average molecular weight is 779 g/mol. The molecule has 288 valence electrons. The van der Waals surface area contributed by atoms with E-state index in [9.17, 15) is 35.8 Å². The molecule has 0 aliphatic carbocycles. The van der Waals surface area contributed by atoms with Crippen molar-refractivity contribution in [1.82, 2.24) is 4.31 Å². The van der Waals surface area contributed by atoms with Crippen molar-refractivity contribution in [2.45, 2.75) is 57.8 Å². The highest BCUT2D eigenvalue weighted by Gasteiger charge is 2.33. The zero-order valence-corrected chi connectivity index (χ0v) is 31.4. The molecule has 0 aliphatic rings. The molecule has 5 rings (SSSR count). The third-order valence-electron chi connectivity index (χ3n) is 8.65. The highest BCUT2D eigenvalue weighted by Crippen LogP contribution is 2.31. The van der Waals surface area contributed by atoms with Crippen LogP contribution in [0.2, 0.25) is 0 Å². The highest BCUT2D eigenvalue weighted by atomic mass is 32.2. The molecule has 13 heteroatoms. The second kappa shape index (κ2) is 17.8. The van der Waals surface area contributed by atoms with Crippen LogP contribution in [0.3, 0.4) is 0 Å². The number of nitrogens with zero attached hydrogens (tertiary/aromatic N) is 2. The summed E-state index contributed by atoms with van der Waals surface area (Å²) in [5, 5.41) is 0. The van der Waals surface area contributed by atoms with Crippen LogP contribution >= 0.6 is 0 Å². The second-order valence-electron chi connectivity index (χ2n) is 13.5. The molecule has 0 aliphatic heterocycles. The lowest BCUT2D eigenvalue weighted by atomic mass is 9.87. The lowest BCUT2D eigenvalue weighted by molar-refractivity contribution is -0.118. The van der Waals surface area contributed by atoms with Crippen molar-refractivity contribution in [3.8, 4) is 5.75 Å². The molecule has 7 nitrogen and oxygen atoms in total. The largest absolute Gasteiger partial charge is 0.488 e. The van der Waals surface area contributed by atoms with Crippen LogP contribution in [-0.4, -0.2) is 33.5 Å². The van der Waals surface area contributed by atoms with Gasteiger partial charge in [0.1, 0.15) is 40.4 Å². The molecule has 0 heterocycles. The number of esters is 1. The molecule has 0 N–H and O–H groups in total. The number of hydrogen-bond donors (Lipinski definition) is 0. The maximum Gasteiger partial charge on any atom is 0.342 e. The molecular formula is C42H39F5N2O5S. The predicted molar refractivity (Wildman–Crippen MR) is 199 cm³/mol. The van der Waals surface area contributed by atoms with Crippen LogP contribution in [0.5, 0.6) is 5.75 Å². The normalized spacial score (nSPS) is 12.0. The van der Waals surface area contributed by atoms with E-state index in [1.54, 1.807) is 12.1 Å². The van der Waals surface area contributed by atoms with Gasteiger partial charge in [-0.3, -0.25) is 4.79 Å². The Balaban J connectivity index is 1.52. The number of carbonyl (C=O) groups excluding carboxylic acids is 2. The molecule has 0 saturated carbocycles. The first-order valence-corrected chi connectivity index (χ1v) is 18.4. The van der Waals surface area contributed by atoms with Gasteiger partial charge >= 0.3 is 5.97 Å². The molecule has 1 atom stereocenters. The monoisotopic (exact) mass is 778 g/mol. The van der Waals surface area contributed by atoms with Crippen molar-refractivity contribution < 1.29 is 45.2 Å². The van der Waals surface area contributed by atoms with E-state index in [0.717, 1.165) is 21.0 Å². The molecule has 5 aromatic rings. The summed E-state index contributed by atoms with van der Waals surface area (Å²) in [6.45, 7) is 6.50. The Morgan fingerprint density at radius 1 is 0.691 bits per heavy atom. The molecule has 0 saturated heterocycles. The summed E-state index contributed by atoms with van der Waals surface area (Å²) in [5.41, 5.74) is 3.38. The van der Waals surface area contributed by atoms with Crippen LogP contribution in [0.25, 0.3) is 0 Å². The Morgan fingerprint density at radius 3 is 1.78 bits per heavy atom. The maximum atomic E-state index is 14.7. The number of anilines is 1. The predicted octanol–water partition coefficient (Wildman–Crippen LogP) is 9.19. The Labute approximate surface area is 318 Å². The van der Waals surface area contributed by atoms with Gasteiger partial charge in [0.25, 0.3) is 0 Å². The third-order valence-corrected chi connectivity index (χ3v) is 10.2. The highest BCUT2D eigenvalue weighted by molar-refractivity contribution is 7.82. The van der Waals surface area contributed by atoms with Crippen LogP contribution in [0.1, 0.15) is 60.3 Å². The van der Waals surface area contributed by atoms with E-state index in [1.807, 2.05) is 93.6 Å². The molecular weight excluding hydrogens is 740 g/mol. The topological polar surface area (TPSA) is 76.2 Å². The first kappa shape index (κ1) is 40.8. The fraction of sp³-hybridized carbons (Fsp3) is 0.238. The van der Waals surface area contributed by atoms with Crippen molar-refractivity contribution in [2.75, 3.05) is 18.0 Å². The van der Waals surface area contributed by atoms with E-state index in [1.165, 1.54) is 30.0 Å². The summed E-state index contributed by atoms with van der Waals surface area (Å²) >= 11 is 0. The molecule has 5 aromatic carbocycles. The zero-order valence-electron chi connectivity index (χ0n) is 30.6. The molecule has 0 bridgehead atoms. The molecule has 1 unspecified atom stereocenters. The number of carbonyl (C=O) groups is 2. The van der Waals surface area contributed by atoms with Crippen LogP contribution in [-0.2, 0) is 45.7 Å². The van der Waals surface area contributed by atoms with Gasteiger partial charge in [0, 0.05) is 18.3 Å². The van der Waals surface area contributed by atoms with Gasteiger partial charge in [0.15, 0.2) is 23.3 Å². The maximum absolute atomic E-state index is 14.7. The summed E-state index contributed by atoms with van der Waals surface area (Å²) < 4.78 is 97.4. The van der Waals surface area contributed by atoms with Crippen molar-refractivity contribution in [2.24, 2.45) is 0 Å². The molecule has 1 amide bonds. The minimum absolute atomic E-state index is 0.0121. The Kier molecular flexibility index (Phi) is 13.2. The Hall–Kier alpha value is -5.40.